The number of carboxylic acids is 1. The van der Waals surface area contributed by atoms with Gasteiger partial charge in [0.25, 0.3) is 0 Å². The third-order valence-electron chi connectivity index (χ3n) is 9.18. The molecule has 1 amide bonds. The fourth-order valence-corrected chi connectivity index (χ4v) is 6.08. The maximum atomic E-state index is 13.7. The summed E-state index contributed by atoms with van der Waals surface area (Å²) in [6.07, 6.45) is 14.5. The lowest BCUT2D eigenvalue weighted by Crippen LogP contribution is -2.54. The number of Topliss-reactive ketones (excluding diaryl/α,β-unsaturated/α-hetero) is 1. The maximum absolute atomic E-state index is 13.7. The van der Waals surface area contributed by atoms with Gasteiger partial charge in [-0.2, -0.15) is 0 Å². The van der Waals surface area contributed by atoms with Crippen LogP contribution in [0.25, 0.3) is 11.1 Å². The number of hydrogen-bond acceptors (Lipinski definition) is 7. The number of benzene rings is 2. The number of carboxylic acid groups (broad SMARTS) is 1. The molecule has 9 heteroatoms. The number of ether oxygens (including phenoxy) is 1. The number of amides is 1. The average molecular weight is 693 g/mol. The second kappa shape index (κ2) is 22.7. The van der Waals surface area contributed by atoms with Crippen molar-refractivity contribution in [1.82, 2.24) is 5.32 Å². The second-order valence-corrected chi connectivity index (χ2v) is 13.5. The quantitative estimate of drug-likeness (QED) is 0.0549. The highest BCUT2D eigenvalue weighted by molar-refractivity contribution is 5.92. The summed E-state index contributed by atoms with van der Waals surface area (Å²) in [5.41, 5.74) is 1.55. The number of anilines is 1. The first-order chi connectivity index (χ1) is 24.0. The number of rotatable bonds is 25. The summed E-state index contributed by atoms with van der Waals surface area (Å²) in [6, 6.07) is 14.7. The third kappa shape index (κ3) is 14.1. The summed E-state index contributed by atoms with van der Waals surface area (Å²) in [5.74, 6) is -4.03. The molecule has 0 aromatic heterocycles. The van der Waals surface area contributed by atoms with E-state index in [9.17, 15) is 29.4 Å². The van der Waals surface area contributed by atoms with Crippen molar-refractivity contribution in [3.63, 3.8) is 0 Å². The van der Waals surface area contributed by atoms with Gasteiger partial charge in [0.2, 0.25) is 5.91 Å². The van der Waals surface area contributed by atoms with Crippen LogP contribution in [0, 0.1) is 5.92 Å². The number of carbonyl (C=O) groups is 4. The number of methoxy groups -OCH3 is 1. The Morgan fingerprint density at radius 1 is 0.820 bits per heavy atom. The lowest BCUT2D eigenvalue weighted by atomic mass is 9.82. The number of allylic oxidation sites excluding steroid dienone is 1. The first-order valence-corrected chi connectivity index (χ1v) is 18.4. The molecular weight excluding hydrogens is 632 g/mol. The van der Waals surface area contributed by atoms with E-state index in [0.717, 1.165) is 60.9 Å². The van der Waals surface area contributed by atoms with Gasteiger partial charge in [-0.25, -0.2) is 9.59 Å². The molecule has 9 nitrogen and oxygen atoms in total. The molecule has 3 N–H and O–H groups in total. The fraction of sp³-hybridized carbons (Fsp3) is 0.561. The molecule has 3 atom stereocenters. The largest absolute Gasteiger partial charge is 0.479 e. The van der Waals surface area contributed by atoms with E-state index in [1.54, 1.807) is 13.0 Å². The number of aliphatic carboxylic acids is 1. The molecule has 0 unspecified atom stereocenters. The van der Waals surface area contributed by atoms with Crippen LogP contribution >= 0.6 is 0 Å². The second-order valence-electron chi connectivity index (χ2n) is 13.5. The van der Waals surface area contributed by atoms with Crippen LogP contribution in [0.1, 0.15) is 109 Å². The van der Waals surface area contributed by atoms with Gasteiger partial charge in [0, 0.05) is 39.0 Å². The van der Waals surface area contributed by atoms with Crippen LogP contribution in [0.5, 0.6) is 0 Å². The molecule has 2 aromatic rings. The van der Waals surface area contributed by atoms with E-state index >= 15 is 0 Å². The van der Waals surface area contributed by atoms with Crippen molar-refractivity contribution >= 4 is 29.3 Å². The Morgan fingerprint density at radius 3 is 1.90 bits per heavy atom. The lowest BCUT2D eigenvalue weighted by Gasteiger charge is -2.30. The monoisotopic (exact) mass is 692 g/mol. The van der Waals surface area contributed by atoms with Crippen LogP contribution in [0.3, 0.4) is 0 Å². The number of nitrogens with zero attached hydrogens (tertiary/aromatic N) is 1. The Kier molecular flexibility index (Phi) is 19.1. The van der Waals surface area contributed by atoms with E-state index in [4.69, 9.17) is 4.74 Å². The van der Waals surface area contributed by atoms with Gasteiger partial charge >= 0.3 is 11.9 Å². The van der Waals surface area contributed by atoms with E-state index < -0.39 is 35.4 Å². The van der Waals surface area contributed by atoms with Gasteiger partial charge in [0.15, 0.2) is 5.60 Å². The standard InChI is InChI=1S/C41H60N2O7/c1-6-8-9-12-15-18-35(44)19-16-13-10-11-14-17-20-36(41(49,29-7-2)40(47)48)38(45)42-37(39(46)50-5)30-31-21-23-32(24-22-31)33-25-27-34(28-26-33)43(3)4/h17,20-28,36-37,49H,6-16,18-19,29-30H2,1-5H3,(H,42,45)(H,47,48)/b20-17+/t36-,37+,41+/m1/s1. The first kappa shape index (κ1) is 42.2. The molecule has 0 saturated heterocycles. The van der Waals surface area contributed by atoms with Gasteiger partial charge in [-0.05, 0) is 60.9 Å². The zero-order valence-corrected chi connectivity index (χ0v) is 30.9. The summed E-state index contributed by atoms with van der Waals surface area (Å²) in [7, 11) is 5.20. The van der Waals surface area contributed by atoms with Crippen LogP contribution in [-0.2, 0) is 30.3 Å². The first-order valence-electron chi connectivity index (χ1n) is 18.4. The molecule has 0 aliphatic carbocycles. The predicted molar refractivity (Wildman–Crippen MR) is 200 cm³/mol. The predicted octanol–water partition coefficient (Wildman–Crippen LogP) is 7.68. The zero-order valence-electron chi connectivity index (χ0n) is 30.9. The highest BCUT2D eigenvalue weighted by Crippen LogP contribution is 2.27. The molecular formula is C41H60N2O7. The van der Waals surface area contributed by atoms with Gasteiger partial charge in [-0.3, -0.25) is 9.59 Å². The van der Waals surface area contributed by atoms with Gasteiger partial charge in [0.1, 0.15) is 11.8 Å². The van der Waals surface area contributed by atoms with Crippen LogP contribution in [0.2, 0.25) is 0 Å². The normalized spacial score (nSPS) is 13.7. The van der Waals surface area contributed by atoms with E-state index in [1.165, 1.54) is 32.4 Å². The summed E-state index contributed by atoms with van der Waals surface area (Å²) in [6.45, 7) is 3.91. The average Bonchev–Trinajstić information content (AvgIpc) is 3.10. The van der Waals surface area contributed by atoms with Crippen LogP contribution < -0.4 is 10.2 Å². The smallest absolute Gasteiger partial charge is 0.336 e. The van der Waals surface area contributed by atoms with E-state index in [-0.39, 0.29) is 12.8 Å². The summed E-state index contributed by atoms with van der Waals surface area (Å²) >= 11 is 0. The molecule has 0 aliphatic rings. The van der Waals surface area contributed by atoms with Gasteiger partial charge in [-0.15, -0.1) is 0 Å². The summed E-state index contributed by atoms with van der Waals surface area (Å²) < 4.78 is 4.99. The molecule has 0 heterocycles. The molecule has 50 heavy (non-hydrogen) atoms. The molecule has 0 saturated carbocycles. The maximum Gasteiger partial charge on any atom is 0.336 e. The number of aliphatic hydroxyl groups is 1. The number of hydrogen-bond donors (Lipinski definition) is 3. The van der Waals surface area contributed by atoms with Crippen LogP contribution in [0.4, 0.5) is 5.69 Å². The Bertz CT molecular complexity index is 1350. The zero-order chi connectivity index (χ0) is 36.9. The van der Waals surface area contributed by atoms with Crippen molar-refractivity contribution in [3.05, 3.63) is 66.2 Å². The molecule has 0 bridgehead atoms. The fourth-order valence-electron chi connectivity index (χ4n) is 6.08. The minimum Gasteiger partial charge on any atom is -0.479 e. The molecule has 0 fully saturated rings. The van der Waals surface area contributed by atoms with Crippen LogP contribution in [0.15, 0.2) is 60.7 Å². The van der Waals surface area contributed by atoms with E-state index in [2.05, 4.69) is 12.2 Å². The van der Waals surface area contributed by atoms with Crippen molar-refractivity contribution < 1.29 is 34.1 Å². The minimum absolute atomic E-state index is 0.120. The topological polar surface area (TPSA) is 133 Å². The SMILES string of the molecule is CCCCCCCC(=O)CCCCCC/C=C/[C@H](C(=O)N[C@@H](Cc1ccc(-c2ccc(N(C)C)cc2)cc1)C(=O)OC)[C@@](O)(CCC)C(=O)O. The van der Waals surface area contributed by atoms with Gasteiger partial charge in [0.05, 0.1) is 13.0 Å². The molecule has 276 valence electrons. The lowest BCUT2D eigenvalue weighted by molar-refractivity contribution is -0.167. The minimum atomic E-state index is -2.35. The third-order valence-corrected chi connectivity index (χ3v) is 9.18. The highest BCUT2D eigenvalue weighted by atomic mass is 16.5. The van der Waals surface area contributed by atoms with E-state index in [0.29, 0.717) is 31.5 Å². The summed E-state index contributed by atoms with van der Waals surface area (Å²) in [4.78, 5) is 53.0. The highest BCUT2D eigenvalue weighted by Gasteiger charge is 2.46. The number of unbranched alkanes of at least 4 members (excludes halogenated alkanes) is 8. The molecule has 0 radical (unpaired) electrons. The summed E-state index contributed by atoms with van der Waals surface area (Å²) in [5, 5.41) is 24.0. The Labute approximate surface area is 299 Å². The number of ketones is 1. The molecule has 0 spiro atoms. The van der Waals surface area contributed by atoms with Crippen molar-refractivity contribution in [2.75, 3.05) is 26.1 Å². The Hall–Kier alpha value is -3.98. The van der Waals surface area contributed by atoms with Gasteiger partial charge in [-0.1, -0.05) is 107 Å². The Morgan fingerprint density at radius 2 is 1.38 bits per heavy atom. The van der Waals surface area contributed by atoms with Crippen molar-refractivity contribution in [2.45, 2.75) is 122 Å². The number of nitrogens with one attached hydrogen (secondary N) is 1. The molecule has 2 rings (SSSR count). The van der Waals surface area contributed by atoms with Gasteiger partial charge < -0.3 is 25.2 Å². The number of esters is 1. The van der Waals surface area contributed by atoms with Crippen molar-refractivity contribution in [1.29, 1.82) is 0 Å². The van der Waals surface area contributed by atoms with Crippen molar-refractivity contribution in [3.8, 4) is 11.1 Å². The molecule has 2 aromatic carbocycles. The van der Waals surface area contributed by atoms with E-state index in [1.807, 2.05) is 67.5 Å². The Balaban J connectivity index is 2.04. The molecule has 0 aliphatic heterocycles. The van der Waals surface area contributed by atoms with Crippen molar-refractivity contribution in [2.24, 2.45) is 5.92 Å². The number of carbonyl (C=O) groups excluding carboxylic acids is 3. The van der Waals surface area contributed by atoms with Crippen LogP contribution in [-0.4, -0.2) is 66.7 Å².